The van der Waals surface area contributed by atoms with E-state index in [0.29, 0.717) is 27.2 Å². The highest BCUT2D eigenvalue weighted by Crippen LogP contribution is 2.35. The summed E-state index contributed by atoms with van der Waals surface area (Å²) in [5.74, 6) is 0.0936. The summed E-state index contributed by atoms with van der Waals surface area (Å²) < 4.78 is 31.0. The first-order valence-corrected chi connectivity index (χ1v) is 8.53. The molecule has 1 amide bonds. The molecule has 1 heterocycles. The molecule has 9 heteroatoms. The lowest BCUT2D eigenvalue weighted by atomic mass is 10.2. The van der Waals surface area contributed by atoms with E-state index < -0.39 is 18.8 Å². The summed E-state index contributed by atoms with van der Waals surface area (Å²) in [7, 11) is 0. The van der Waals surface area contributed by atoms with Gasteiger partial charge in [0.05, 0.1) is 28.4 Å². The number of ether oxygens (including phenoxy) is 1. The number of anilines is 1. The molecule has 0 radical (unpaired) electrons. The first-order chi connectivity index (χ1) is 12.9. The van der Waals surface area contributed by atoms with Crippen LogP contribution in [0.2, 0.25) is 10.0 Å². The maximum absolute atomic E-state index is 12.6. The molecule has 0 bridgehead atoms. The molecule has 3 aromatic rings. The van der Waals surface area contributed by atoms with Gasteiger partial charge in [0.1, 0.15) is 5.75 Å². The number of benzene rings is 2. The van der Waals surface area contributed by atoms with E-state index in [2.05, 4.69) is 15.5 Å². The van der Waals surface area contributed by atoms with E-state index in [1.807, 2.05) is 0 Å². The second-order valence-electron chi connectivity index (χ2n) is 5.47. The van der Waals surface area contributed by atoms with Gasteiger partial charge in [-0.25, -0.2) is 8.78 Å². The number of carbonyl (C=O) groups excluding carboxylic acids is 1. The van der Waals surface area contributed by atoms with Crippen molar-refractivity contribution in [2.75, 3.05) is 5.32 Å². The Morgan fingerprint density at radius 3 is 2.70 bits per heavy atom. The first kappa shape index (κ1) is 19.1. The van der Waals surface area contributed by atoms with Gasteiger partial charge in [0.2, 0.25) is 6.43 Å². The topological polar surface area (TPSA) is 67.0 Å². The summed E-state index contributed by atoms with van der Waals surface area (Å²) in [6, 6.07) is 11.4. The molecule has 0 aliphatic carbocycles. The molecule has 1 aromatic heterocycles. The van der Waals surface area contributed by atoms with Crippen molar-refractivity contribution in [1.29, 1.82) is 0 Å². The van der Waals surface area contributed by atoms with Gasteiger partial charge in [-0.3, -0.25) is 9.89 Å². The van der Waals surface area contributed by atoms with Crippen LogP contribution in [0.1, 0.15) is 16.1 Å². The van der Waals surface area contributed by atoms with Crippen LogP contribution < -0.4 is 10.1 Å². The van der Waals surface area contributed by atoms with Crippen LogP contribution in [0.3, 0.4) is 0 Å². The number of alkyl halides is 2. The van der Waals surface area contributed by atoms with Gasteiger partial charge in [0.15, 0.2) is 5.75 Å². The van der Waals surface area contributed by atoms with Crippen LogP contribution in [0.4, 0.5) is 14.5 Å². The SMILES string of the molecule is O=C(Nc1ccccc1Oc1ccc(Cl)cc1Cl)c1c[nH]nc1CC(F)F. The standard InChI is InChI=1S/C18H13Cl2F2N3O2/c19-10-5-6-15(12(20)7-10)27-16-4-2-1-3-13(16)24-18(26)11-9-23-25-14(11)8-17(21)22/h1-7,9,17H,8H2,(H,23,25)(H,24,26). The Morgan fingerprint density at radius 2 is 1.96 bits per heavy atom. The zero-order valence-corrected chi connectivity index (χ0v) is 15.2. The van der Waals surface area contributed by atoms with E-state index in [0.717, 1.165) is 0 Å². The van der Waals surface area contributed by atoms with E-state index in [1.54, 1.807) is 36.4 Å². The Bertz CT molecular complexity index is 963. The van der Waals surface area contributed by atoms with Crippen molar-refractivity contribution >= 4 is 34.8 Å². The van der Waals surface area contributed by atoms with Crippen LogP contribution in [0.15, 0.2) is 48.7 Å². The van der Waals surface area contributed by atoms with Gasteiger partial charge in [-0.15, -0.1) is 0 Å². The van der Waals surface area contributed by atoms with E-state index in [4.69, 9.17) is 27.9 Å². The fraction of sp³-hybridized carbons (Fsp3) is 0.111. The summed E-state index contributed by atoms with van der Waals surface area (Å²) in [5.41, 5.74) is 0.369. The predicted molar refractivity (Wildman–Crippen MR) is 99.2 cm³/mol. The smallest absolute Gasteiger partial charge is 0.259 e. The number of nitrogens with one attached hydrogen (secondary N) is 2. The fourth-order valence-corrected chi connectivity index (χ4v) is 2.79. The summed E-state index contributed by atoms with van der Waals surface area (Å²) in [6.07, 6.45) is -1.96. The van der Waals surface area contributed by atoms with Crippen molar-refractivity contribution in [2.45, 2.75) is 12.8 Å². The monoisotopic (exact) mass is 411 g/mol. The zero-order valence-electron chi connectivity index (χ0n) is 13.7. The molecule has 0 spiro atoms. The van der Waals surface area contributed by atoms with Gasteiger partial charge >= 0.3 is 0 Å². The first-order valence-electron chi connectivity index (χ1n) is 7.78. The van der Waals surface area contributed by atoms with Crippen LogP contribution >= 0.6 is 23.2 Å². The number of hydrogen-bond donors (Lipinski definition) is 2. The van der Waals surface area contributed by atoms with Crippen molar-refractivity contribution < 1.29 is 18.3 Å². The molecular weight excluding hydrogens is 399 g/mol. The van der Waals surface area contributed by atoms with Crippen molar-refractivity contribution in [3.63, 3.8) is 0 Å². The van der Waals surface area contributed by atoms with Crippen LogP contribution in [0.25, 0.3) is 0 Å². The summed E-state index contributed by atoms with van der Waals surface area (Å²) in [4.78, 5) is 12.5. The minimum atomic E-state index is -2.61. The van der Waals surface area contributed by atoms with Crippen LogP contribution in [0, 0.1) is 0 Å². The number of H-pyrrole nitrogens is 1. The second kappa shape index (κ2) is 8.37. The molecule has 0 atom stereocenters. The minimum Gasteiger partial charge on any atom is -0.454 e. The highest BCUT2D eigenvalue weighted by molar-refractivity contribution is 6.35. The predicted octanol–water partition coefficient (Wildman–Crippen LogP) is 5.57. The summed E-state index contributed by atoms with van der Waals surface area (Å²) in [6.45, 7) is 0. The number of nitrogens with zero attached hydrogens (tertiary/aromatic N) is 1. The third-order valence-electron chi connectivity index (χ3n) is 3.56. The van der Waals surface area contributed by atoms with Gasteiger partial charge in [0.25, 0.3) is 5.91 Å². The Morgan fingerprint density at radius 1 is 1.19 bits per heavy atom. The maximum atomic E-state index is 12.6. The number of carbonyl (C=O) groups is 1. The molecule has 0 unspecified atom stereocenters. The summed E-state index contributed by atoms with van der Waals surface area (Å²) >= 11 is 12.0. The van der Waals surface area contributed by atoms with Gasteiger partial charge in [-0.2, -0.15) is 5.10 Å². The van der Waals surface area contributed by atoms with Crippen molar-refractivity contribution in [1.82, 2.24) is 10.2 Å². The molecule has 27 heavy (non-hydrogen) atoms. The summed E-state index contributed by atoms with van der Waals surface area (Å²) in [5, 5.41) is 9.54. The highest BCUT2D eigenvalue weighted by Gasteiger charge is 2.19. The van der Waals surface area contributed by atoms with Crippen molar-refractivity contribution in [3.8, 4) is 11.5 Å². The third kappa shape index (κ3) is 4.75. The average molecular weight is 412 g/mol. The quantitative estimate of drug-likeness (QED) is 0.557. The molecule has 140 valence electrons. The molecule has 3 rings (SSSR count). The molecule has 0 fully saturated rings. The van der Waals surface area contributed by atoms with Crippen LogP contribution in [-0.4, -0.2) is 22.5 Å². The normalized spacial score (nSPS) is 10.9. The molecule has 0 saturated heterocycles. The molecular formula is C18H13Cl2F2N3O2. The van der Waals surface area contributed by atoms with E-state index in [-0.39, 0.29) is 11.3 Å². The van der Waals surface area contributed by atoms with Gasteiger partial charge in [0, 0.05) is 11.2 Å². The van der Waals surface area contributed by atoms with Crippen LogP contribution in [0.5, 0.6) is 11.5 Å². The lowest BCUT2D eigenvalue weighted by Crippen LogP contribution is -2.15. The zero-order chi connectivity index (χ0) is 19.4. The lowest BCUT2D eigenvalue weighted by Gasteiger charge is -2.13. The fourth-order valence-electron chi connectivity index (χ4n) is 2.34. The van der Waals surface area contributed by atoms with Crippen LogP contribution in [-0.2, 0) is 6.42 Å². The van der Waals surface area contributed by atoms with E-state index in [9.17, 15) is 13.6 Å². The second-order valence-corrected chi connectivity index (χ2v) is 6.31. The number of amides is 1. The van der Waals surface area contributed by atoms with Gasteiger partial charge in [-0.05, 0) is 30.3 Å². The van der Waals surface area contributed by atoms with Crippen molar-refractivity contribution in [3.05, 3.63) is 70.0 Å². The number of para-hydroxylation sites is 2. The third-order valence-corrected chi connectivity index (χ3v) is 4.09. The largest absolute Gasteiger partial charge is 0.454 e. The average Bonchev–Trinajstić information content (AvgIpc) is 3.06. The molecule has 2 aromatic carbocycles. The van der Waals surface area contributed by atoms with E-state index in [1.165, 1.54) is 12.3 Å². The lowest BCUT2D eigenvalue weighted by molar-refractivity contribution is 0.102. The van der Waals surface area contributed by atoms with Gasteiger partial charge < -0.3 is 10.1 Å². The van der Waals surface area contributed by atoms with Crippen molar-refractivity contribution in [2.24, 2.45) is 0 Å². The number of rotatable bonds is 6. The van der Waals surface area contributed by atoms with Gasteiger partial charge in [-0.1, -0.05) is 35.3 Å². The maximum Gasteiger partial charge on any atom is 0.259 e. The number of hydrogen-bond acceptors (Lipinski definition) is 3. The number of aromatic nitrogens is 2. The Hall–Kier alpha value is -2.64. The Labute approximate surface area is 163 Å². The minimum absolute atomic E-state index is 0.0124. The molecule has 0 saturated carbocycles. The molecule has 5 nitrogen and oxygen atoms in total. The Balaban J connectivity index is 1.82. The molecule has 0 aliphatic heterocycles. The van der Waals surface area contributed by atoms with E-state index >= 15 is 0 Å². The molecule has 2 N–H and O–H groups in total. The molecule has 0 aliphatic rings. The number of aromatic amines is 1. The highest BCUT2D eigenvalue weighted by atomic mass is 35.5. The number of halogens is 4. The Kier molecular flexibility index (Phi) is 5.93.